The lowest BCUT2D eigenvalue weighted by Crippen LogP contribution is -2.32. The molecule has 2 rings (SSSR count). The van der Waals surface area contributed by atoms with Crippen molar-refractivity contribution in [2.75, 3.05) is 13.1 Å². The molecule has 0 heterocycles. The summed E-state index contributed by atoms with van der Waals surface area (Å²) in [4.78, 5) is 0. The fourth-order valence-corrected chi connectivity index (χ4v) is 3.74. The third kappa shape index (κ3) is 4.62. The molecule has 2 aliphatic rings. The maximum atomic E-state index is 3.78. The molecule has 0 aromatic heterocycles. The standard InChI is InChI=1S/C16H31N/c1-14-8-6-7-11-16(14)13-17-12-15-9-4-2-3-5-10-15/h14-17H,2-13H2,1H3. The Balaban J connectivity index is 1.60. The number of rotatable bonds is 4. The van der Waals surface area contributed by atoms with Crippen LogP contribution in [0, 0.1) is 17.8 Å². The van der Waals surface area contributed by atoms with Crippen molar-refractivity contribution in [3.05, 3.63) is 0 Å². The highest BCUT2D eigenvalue weighted by molar-refractivity contribution is 4.75. The maximum absolute atomic E-state index is 3.78. The molecule has 0 amide bonds. The van der Waals surface area contributed by atoms with Crippen molar-refractivity contribution in [3.63, 3.8) is 0 Å². The molecule has 0 saturated heterocycles. The van der Waals surface area contributed by atoms with Gasteiger partial charge >= 0.3 is 0 Å². The van der Waals surface area contributed by atoms with Crippen LogP contribution in [0.2, 0.25) is 0 Å². The summed E-state index contributed by atoms with van der Waals surface area (Å²) in [6.07, 6.45) is 14.8. The molecule has 2 atom stereocenters. The Hall–Kier alpha value is -0.0400. The normalized spacial score (nSPS) is 32.3. The van der Waals surface area contributed by atoms with E-state index >= 15 is 0 Å². The number of nitrogens with one attached hydrogen (secondary N) is 1. The predicted molar refractivity (Wildman–Crippen MR) is 75.2 cm³/mol. The van der Waals surface area contributed by atoms with Gasteiger partial charge in [0.05, 0.1) is 0 Å². The van der Waals surface area contributed by atoms with Gasteiger partial charge < -0.3 is 5.32 Å². The van der Waals surface area contributed by atoms with Gasteiger partial charge in [-0.2, -0.15) is 0 Å². The molecule has 1 heteroatoms. The van der Waals surface area contributed by atoms with E-state index in [1.165, 1.54) is 77.3 Å². The van der Waals surface area contributed by atoms with Crippen LogP contribution in [0.15, 0.2) is 0 Å². The zero-order valence-electron chi connectivity index (χ0n) is 11.7. The highest BCUT2D eigenvalue weighted by Crippen LogP contribution is 2.29. The van der Waals surface area contributed by atoms with Crippen molar-refractivity contribution < 1.29 is 0 Å². The molecular weight excluding hydrogens is 206 g/mol. The second-order valence-corrected chi connectivity index (χ2v) is 6.54. The van der Waals surface area contributed by atoms with Gasteiger partial charge in [-0.3, -0.25) is 0 Å². The quantitative estimate of drug-likeness (QED) is 0.716. The Morgan fingerprint density at radius 1 is 0.765 bits per heavy atom. The summed E-state index contributed by atoms with van der Waals surface area (Å²) < 4.78 is 0. The summed E-state index contributed by atoms with van der Waals surface area (Å²) in [5, 5.41) is 3.78. The Bertz CT molecular complexity index is 194. The molecular formula is C16H31N. The van der Waals surface area contributed by atoms with Crippen LogP contribution in [0.1, 0.15) is 71.1 Å². The third-order valence-corrected chi connectivity index (χ3v) is 5.10. The molecule has 17 heavy (non-hydrogen) atoms. The molecule has 1 N–H and O–H groups in total. The minimum Gasteiger partial charge on any atom is -0.316 e. The fourth-order valence-electron chi connectivity index (χ4n) is 3.74. The van der Waals surface area contributed by atoms with Crippen LogP contribution in [0.5, 0.6) is 0 Å². The molecule has 0 aromatic carbocycles. The van der Waals surface area contributed by atoms with Gasteiger partial charge in [0.1, 0.15) is 0 Å². The molecule has 0 aliphatic heterocycles. The van der Waals surface area contributed by atoms with E-state index in [9.17, 15) is 0 Å². The van der Waals surface area contributed by atoms with Gasteiger partial charge in [-0.25, -0.2) is 0 Å². The molecule has 100 valence electrons. The van der Waals surface area contributed by atoms with Crippen LogP contribution < -0.4 is 5.32 Å². The van der Waals surface area contributed by atoms with Crippen molar-refractivity contribution in [1.82, 2.24) is 5.32 Å². The predicted octanol–water partition coefficient (Wildman–Crippen LogP) is 4.37. The van der Waals surface area contributed by atoms with Crippen LogP contribution >= 0.6 is 0 Å². The van der Waals surface area contributed by atoms with Crippen molar-refractivity contribution in [3.8, 4) is 0 Å². The van der Waals surface area contributed by atoms with E-state index in [2.05, 4.69) is 12.2 Å². The largest absolute Gasteiger partial charge is 0.316 e. The minimum atomic E-state index is 0.963. The number of hydrogen-bond donors (Lipinski definition) is 1. The average molecular weight is 237 g/mol. The SMILES string of the molecule is CC1CCCCC1CNCC1CCCCCC1. The smallest absolute Gasteiger partial charge is 0.00179 e. The van der Waals surface area contributed by atoms with Gasteiger partial charge in [-0.1, -0.05) is 51.9 Å². The van der Waals surface area contributed by atoms with Crippen LogP contribution in [0.25, 0.3) is 0 Å². The summed E-state index contributed by atoms with van der Waals surface area (Å²) in [5.74, 6) is 2.91. The van der Waals surface area contributed by atoms with E-state index in [4.69, 9.17) is 0 Å². The molecule has 0 bridgehead atoms. The Kier molecular flexibility index (Phi) is 5.84. The average Bonchev–Trinajstić information content (AvgIpc) is 2.60. The molecule has 2 aliphatic carbocycles. The van der Waals surface area contributed by atoms with Crippen LogP contribution in [-0.4, -0.2) is 13.1 Å². The van der Waals surface area contributed by atoms with E-state index in [0.29, 0.717) is 0 Å². The topological polar surface area (TPSA) is 12.0 Å². The van der Waals surface area contributed by atoms with Crippen LogP contribution in [0.4, 0.5) is 0 Å². The van der Waals surface area contributed by atoms with Crippen LogP contribution in [-0.2, 0) is 0 Å². The van der Waals surface area contributed by atoms with Gasteiger partial charge in [0.25, 0.3) is 0 Å². The summed E-state index contributed by atoms with van der Waals surface area (Å²) in [6, 6.07) is 0. The highest BCUT2D eigenvalue weighted by atomic mass is 14.9. The first kappa shape index (κ1) is 13.4. The molecule has 0 radical (unpaired) electrons. The monoisotopic (exact) mass is 237 g/mol. The van der Waals surface area contributed by atoms with E-state index in [0.717, 1.165) is 17.8 Å². The summed E-state index contributed by atoms with van der Waals surface area (Å²) in [7, 11) is 0. The lowest BCUT2D eigenvalue weighted by atomic mass is 9.80. The lowest BCUT2D eigenvalue weighted by molar-refractivity contribution is 0.243. The Morgan fingerprint density at radius 2 is 1.41 bits per heavy atom. The highest BCUT2D eigenvalue weighted by Gasteiger charge is 2.21. The Labute approximate surface area is 108 Å². The van der Waals surface area contributed by atoms with Gasteiger partial charge in [0, 0.05) is 0 Å². The summed E-state index contributed by atoms with van der Waals surface area (Å²) in [5.41, 5.74) is 0. The van der Waals surface area contributed by atoms with E-state index in [1.54, 1.807) is 0 Å². The van der Waals surface area contributed by atoms with Crippen molar-refractivity contribution in [2.24, 2.45) is 17.8 Å². The number of hydrogen-bond acceptors (Lipinski definition) is 1. The van der Waals surface area contributed by atoms with E-state index in [-0.39, 0.29) is 0 Å². The van der Waals surface area contributed by atoms with Gasteiger partial charge in [0.15, 0.2) is 0 Å². The molecule has 0 spiro atoms. The van der Waals surface area contributed by atoms with Crippen LogP contribution in [0.3, 0.4) is 0 Å². The van der Waals surface area contributed by atoms with Gasteiger partial charge in [-0.15, -0.1) is 0 Å². The first-order valence-corrected chi connectivity index (χ1v) is 8.07. The van der Waals surface area contributed by atoms with Crippen molar-refractivity contribution >= 4 is 0 Å². The molecule has 2 unspecified atom stereocenters. The zero-order valence-corrected chi connectivity index (χ0v) is 11.7. The maximum Gasteiger partial charge on any atom is -0.00179 e. The first-order chi connectivity index (χ1) is 8.36. The summed E-state index contributed by atoms with van der Waals surface area (Å²) >= 11 is 0. The second-order valence-electron chi connectivity index (χ2n) is 6.54. The van der Waals surface area contributed by atoms with Gasteiger partial charge in [0.2, 0.25) is 0 Å². The van der Waals surface area contributed by atoms with Gasteiger partial charge in [-0.05, 0) is 50.1 Å². The fraction of sp³-hybridized carbons (Fsp3) is 1.00. The molecule has 0 aromatic rings. The molecule has 2 fully saturated rings. The second kappa shape index (κ2) is 7.41. The molecule has 1 nitrogen and oxygen atoms in total. The lowest BCUT2D eigenvalue weighted by Gasteiger charge is -2.29. The zero-order chi connectivity index (χ0) is 11.9. The molecule has 2 saturated carbocycles. The van der Waals surface area contributed by atoms with Crippen molar-refractivity contribution in [1.29, 1.82) is 0 Å². The van der Waals surface area contributed by atoms with Crippen molar-refractivity contribution in [2.45, 2.75) is 71.1 Å². The Morgan fingerprint density at radius 3 is 2.12 bits per heavy atom. The first-order valence-electron chi connectivity index (χ1n) is 8.07. The third-order valence-electron chi connectivity index (χ3n) is 5.10. The van der Waals surface area contributed by atoms with E-state index < -0.39 is 0 Å². The van der Waals surface area contributed by atoms with E-state index in [1.807, 2.05) is 0 Å². The minimum absolute atomic E-state index is 0.963. The summed E-state index contributed by atoms with van der Waals surface area (Å²) in [6.45, 7) is 5.04.